The molecular formula is C12H10N4OS. The summed E-state index contributed by atoms with van der Waals surface area (Å²) in [5.74, 6) is -0.126. The number of H-pyrrole nitrogens is 1. The highest BCUT2D eigenvalue weighted by molar-refractivity contribution is 7.17. The second-order valence-electron chi connectivity index (χ2n) is 3.90. The number of pyridine rings is 1. The topological polar surface area (TPSA) is 84.7 Å². The van der Waals surface area contributed by atoms with Crippen LogP contribution in [0.15, 0.2) is 24.5 Å². The van der Waals surface area contributed by atoms with Crippen LogP contribution in [0.2, 0.25) is 0 Å². The third-order valence-electron chi connectivity index (χ3n) is 2.72. The monoisotopic (exact) mass is 258 g/mol. The average Bonchev–Trinajstić information content (AvgIpc) is 2.93. The van der Waals surface area contributed by atoms with Crippen LogP contribution in [-0.4, -0.2) is 20.7 Å². The van der Waals surface area contributed by atoms with Crippen molar-refractivity contribution < 1.29 is 4.79 Å². The zero-order chi connectivity index (χ0) is 12.7. The third kappa shape index (κ3) is 1.58. The van der Waals surface area contributed by atoms with E-state index in [1.54, 1.807) is 25.4 Å². The lowest BCUT2D eigenvalue weighted by Gasteiger charge is -1.94. The first-order valence-corrected chi connectivity index (χ1v) is 6.18. The number of nitrogens with one attached hydrogen (secondary N) is 1. The van der Waals surface area contributed by atoms with Gasteiger partial charge in [0.25, 0.3) is 0 Å². The van der Waals surface area contributed by atoms with Crippen molar-refractivity contribution in [3.8, 4) is 0 Å². The molecule has 3 aromatic heterocycles. The Morgan fingerprint density at radius 3 is 3.06 bits per heavy atom. The Bertz CT molecular complexity index is 724. The van der Waals surface area contributed by atoms with E-state index in [9.17, 15) is 4.79 Å². The summed E-state index contributed by atoms with van der Waals surface area (Å²) in [5.41, 5.74) is 7.70. The summed E-state index contributed by atoms with van der Waals surface area (Å²) < 4.78 is 0. The van der Waals surface area contributed by atoms with Gasteiger partial charge in [0.15, 0.2) is 5.01 Å². The molecule has 90 valence electrons. The van der Waals surface area contributed by atoms with E-state index < -0.39 is 0 Å². The lowest BCUT2D eigenvalue weighted by atomic mass is 10.1. The van der Waals surface area contributed by atoms with Crippen molar-refractivity contribution >= 4 is 33.2 Å². The number of aromatic nitrogens is 3. The third-order valence-corrected chi connectivity index (χ3v) is 3.71. The molecule has 3 N–H and O–H groups in total. The van der Waals surface area contributed by atoms with E-state index in [2.05, 4.69) is 15.0 Å². The normalized spacial score (nSPS) is 10.9. The van der Waals surface area contributed by atoms with E-state index in [4.69, 9.17) is 5.73 Å². The number of aromatic amines is 1. The smallest absolute Gasteiger partial charge is 0.223 e. The van der Waals surface area contributed by atoms with Crippen LogP contribution < -0.4 is 5.73 Å². The van der Waals surface area contributed by atoms with Crippen molar-refractivity contribution in [1.29, 1.82) is 0 Å². The molecule has 6 heteroatoms. The van der Waals surface area contributed by atoms with Gasteiger partial charge in [-0.25, -0.2) is 9.97 Å². The van der Waals surface area contributed by atoms with Crippen LogP contribution in [0.25, 0.3) is 11.0 Å². The quantitative estimate of drug-likeness (QED) is 0.690. The average molecular weight is 258 g/mol. The molecule has 0 fully saturated rings. The predicted molar refractivity (Wildman–Crippen MR) is 70.8 cm³/mol. The first-order chi connectivity index (χ1) is 8.66. The van der Waals surface area contributed by atoms with E-state index >= 15 is 0 Å². The molecule has 0 saturated heterocycles. The highest BCUT2D eigenvalue weighted by Crippen LogP contribution is 2.25. The summed E-state index contributed by atoms with van der Waals surface area (Å²) in [6.45, 7) is 1.79. The van der Waals surface area contributed by atoms with Gasteiger partial charge in [0.05, 0.1) is 11.3 Å². The summed E-state index contributed by atoms with van der Waals surface area (Å²) in [5, 5.41) is 1.79. The van der Waals surface area contributed by atoms with Crippen molar-refractivity contribution in [3.63, 3.8) is 0 Å². The number of hydrogen-bond donors (Lipinski definition) is 2. The zero-order valence-corrected chi connectivity index (χ0v) is 10.4. The molecule has 0 aromatic carbocycles. The molecule has 3 heterocycles. The minimum absolute atomic E-state index is 0.126. The van der Waals surface area contributed by atoms with Gasteiger partial charge in [0.1, 0.15) is 10.6 Å². The summed E-state index contributed by atoms with van der Waals surface area (Å²) >= 11 is 1.21. The number of nitrogen functional groups attached to an aromatic ring is 1. The number of fused-ring (bicyclic) bond motifs is 1. The van der Waals surface area contributed by atoms with Gasteiger partial charge in [-0.05, 0) is 19.1 Å². The molecule has 0 aliphatic rings. The van der Waals surface area contributed by atoms with Crippen LogP contribution in [0.4, 0.5) is 5.00 Å². The number of carbonyl (C=O) groups is 1. The lowest BCUT2D eigenvalue weighted by Crippen LogP contribution is -1.99. The molecule has 5 nitrogen and oxygen atoms in total. The van der Waals surface area contributed by atoms with E-state index in [1.165, 1.54) is 11.3 Å². The van der Waals surface area contributed by atoms with Crippen LogP contribution in [0.3, 0.4) is 0 Å². The van der Waals surface area contributed by atoms with Crippen molar-refractivity contribution in [2.45, 2.75) is 6.92 Å². The zero-order valence-electron chi connectivity index (χ0n) is 9.60. The Morgan fingerprint density at radius 2 is 2.33 bits per heavy atom. The molecule has 0 bridgehead atoms. The number of carbonyl (C=O) groups excluding carboxylic acids is 1. The van der Waals surface area contributed by atoms with E-state index in [0.717, 1.165) is 5.39 Å². The van der Waals surface area contributed by atoms with Crippen LogP contribution in [-0.2, 0) is 0 Å². The summed E-state index contributed by atoms with van der Waals surface area (Å²) in [6.07, 6.45) is 3.34. The molecule has 0 saturated carbocycles. The van der Waals surface area contributed by atoms with Gasteiger partial charge in [-0.1, -0.05) is 11.3 Å². The van der Waals surface area contributed by atoms with E-state index in [1.807, 2.05) is 6.07 Å². The molecule has 3 rings (SSSR count). The minimum Gasteiger partial charge on any atom is -0.389 e. The number of thiazole rings is 1. The first kappa shape index (κ1) is 10.9. The molecule has 0 aliphatic carbocycles. The molecular weight excluding hydrogens is 248 g/mol. The Balaban J connectivity index is 2.12. The van der Waals surface area contributed by atoms with Crippen molar-refractivity contribution in [2.75, 3.05) is 5.73 Å². The molecule has 0 unspecified atom stereocenters. The summed E-state index contributed by atoms with van der Waals surface area (Å²) in [6, 6.07) is 3.66. The van der Waals surface area contributed by atoms with Gasteiger partial charge in [0.2, 0.25) is 5.78 Å². The number of hydrogen-bond acceptors (Lipinski definition) is 5. The van der Waals surface area contributed by atoms with Gasteiger partial charge < -0.3 is 10.7 Å². The summed E-state index contributed by atoms with van der Waals surface area (Å²) in [7, 11) is 0. The second-order valence-corrected chi connectivity index (χ2v) is 4.93. The van der Waals surface area contributed by atoms with Gasteiger partial charge >= 0.3 is 0 Å². The van der Waals surface area contributed by atoms with Crippen molar-refractivity contribution in [1.82, 2.24) is 15.0 Å². The van der Waals surface area contributed by atoms with Gasteiger partial charge in [0, 0.05) is 17.8 Å². The summed E-state index contributed by atoms with van der Waals surface area (Å²) in [4.78, 5) is 23.6. The number of aryl methyl sites for hydroxylation is 1. The molecule has 0 radical (unpaired) electrons. The van der Waals surface area contributed by atoms with Crippen LogP contribution in [0.5, 0.6) is 0 Å². The Morgan fingerprint density at radius 1 is 1.50 bits per heavy atom. The Kier molecular flexibility index (Phi) is 2.38. The fourth-order valence-electron chi connectivity index (χ4n) is 1.76. The Labute approximate surface area is 107 Å². The number of nitrogens with zero attached hydrogens (tertiary/aromatic N) is 2. The fraction of sp³-hybridized carbons (Fsp3) is 0.0833. The van der Waals surface area contributed by atoms with Crippen LogP contribution >= 0.6 is 11.3 Å². The fourth-order valence-corrected chi connectivity index (χ4v) is 2.55. The number of anilines is 1. The minimum atomic E-state index is -0.126. The largest absolute Gasteiger partial charge is 0.389 e. The standard InChI is InChI=1S/C12H10N4OS/c1-6-10(13)18-12(16-6)9(17)8-5-15-11-7(8)3-2-4-14-11/h2-5H,13H2,1H3,(H,14,15). The maximum atomic E-state index is 12.3. The maximum Gasteiger partial charge on any atom is 0.223 e. The lowest BCUT2D eigenvalue weighted by molar-refractivity contribution is 0.104. The second kappa shape index (κ2) is 3.92. The van der Waals surface area contributed by atoms with Crippen molar-refractivity contribution in [2.24, 2.45) is 0 Å². The molecule has 0 spiro atoms. The van der Waals surface area contributed by atoms with Crippen LogP contribution in [0.1, 0.15) is 21.1 Å². The van der Waals surface area contributed by atoms with Gasteiger partial charge in [-0.15, -0.1) is 0 Å². The van der Waals surface area contributed by atoms with Gasteiger partial charge in [-0.2, -0.15) is 0 Å². The molecule has 0 aliphatic heterocycles. The van der Waals surface area contributed by atoms with Crippen molar-refractivity contribution in [3.05, 3.63) is 40.8 Å². The molecule has 18 heavy (non-hydrogen) atoms. The predicted octanol–water partition coefficient (Wildman–Crippen LogP) is 2.14. The number of ketones is 1. The molecule has 0 atom stereocenters. The Hall–Kier alpha value is -2.21. The highest BCUT2D eigenvalue weighted by Gasteiger charge is 2.18. The van der Waals surface area contributed by atoms with E-state index in [-0.39, 0.29) is 5.78 Å². The maximum absolute atomic E-state index is 12.3. The highest BCUT2D eigenvalue weighted by atomic mass is 32.1. The molecule has 3 aromatic rings. The van der Waals surface area contributed by atoms with Crippen LogP contribution in [0, 0.1) is 6.92 Å². The number of nitrogens with two attached hydrogens (primary N) is 1. The van der Waals surface area contributed by atoms with E-state index in [0.29, 0.717) is 26.9 Å². The van der Waals surface area contributed by atoms with Gasteiger partial charge in [-0.3, -0.25) is 4.79 Å². The molecule has 0 amide bonds. The first-order valence-electron chi connectivity index (χ1n) is 5.36. The SMILES string of the molecule is Cc1nc(C(=O)c2c[nH]c3ncccc23)sc1N. The number of rotatable bonds is 2.